The van der Waals surface area contributed by atoms with Crippen LogP contribution in [0, 0.1) is 23.7 Å². The third kappa shape index (κ3) is 2.84. The van der Waals surface area contributed by atoms with Gasteiger partial charge in [-0.1, -0.05) is 26.3 Å². The van der Waals surface area contributed by atoms with E-state index in [2.05, 4.69) is 38.9 Å². The van der Waals surface area contributed by atoms with Crippen molar-refractivity contribution < 1.29 is 0 Å². The van der Waals surface area contributed by atoms with Crippen molar-refractivity contribution in [3.05, 3.63) is 12.7 Å². The summed E-state index contributed by atoms with van der Waals surface area (Å²) in [6, 6.07) is 0. The van der Waals surface area contributed by atoms with E-state index in [1.54, 1.807) is 0 Å². The molecule has 0 spiro atoms. The molecule has 1 rings (SSSR count). The van der Waals surface area contributed by atoms with Crippen LogP contribution in [0.3, 0.4) is 0 Å². The number of rotatable bonds is 7. The zero-order chi connectivity index (χ0) is 10.6. The van der Waals surface area contributed by atoms with Crippen molar-refractivity contribution in [1.82, 2.24) is 5.32 Å². The highest BCUT2D eigenvalue weighted by Gasteiger charge is 2.40. The summed E-state index contributed by atoms with van der Waals surface area (Å²) in [4.78, 5) is 0. The highest BCUT2D eigenvalue weighted by molar-refractivity contribution is 4.99. The molecule has 4 atom stereocenters. The van der Waals surface area contributed by atoms with Crippen LogP contribution < -0.4 is 5.32 Å². The van der Waals surface area contributed by atoms with Gasteiger partial charge in [-0.05, 0) is 50.1 Å². The molecule has 1 aliphatic rings. The van der Waals surface area contributed by atoms with E-state index in [-0.39, 0.29) is 0 Å². The minimum atomic E-state index is 0.748. The van der Waals surface area contributed by atoms with Crippen LogP contribution in [0.25, 0.3) is 0 Å². The van der Waals surface area contributed by atoms with E-state index in [1.807, 2.05) is 0 Å². The molecular weight excluding hydrogens is 170 g/mol. The molecule has 0 bridgehead atoms. The van der Waals surface area contributed by atoms with E-state index in [9.17, 15) is 0 Å². The van der Waals surface area contributed by atoms with Crippen molar-refractivity contribution in [3.63, 3.8) is 0 Å². The quantitative estimate of drug-likeness (QED) is 0.616. The van der Waals surface area contributed by atoms with Gasteiger partial charge in [-0.25, -0.2) is 0 Å². The normalized spacial score (nSPS) is 29.6. The maximum atomic E-state index is 4.01. The van der Waals surface area contributed by atoms with Crippen LogP contribution in [-0.2, 0) is 0 Å². The zero-order valence-electron chi connectivity index (χ0n) is 9.92. The van der Waals surface area contributed by atoms with Gasteiger partial charge in [-0.15, -0.1) is 6.58 Å². The lowest BCUT2D eigenvalue weighted by molar-refractivity contribution is 0.317. The van der Waals surface area contributed by atoms with Gasteiger partial charge in [-0.3, -0.25) is 0 Å². The summed E-state index contributed by atoms with van der Waals surface area (Å²) >= 11 is 0. The number of nitrogens with one attached hydrogen (secondary N) is 1. The minimum Gasteiger partial charge on any atom is -0.319 e. The maximum Gasteiger partial charge on any atom is -0.00178 e. The molecule has 0 aromatic carbocycles. The van der Waals surface area contributed by atoms with E-state index in [4.69, 9.17) is 0 Å². The average molecular weight is 195 g/mol. The van der Waals surface area contributed by atoms with Gasteiger partial charge in [-0.2, -0.15) is 0 Å². The Kier molecular flexibility index (Phi) is 4.67. The molecular formula is C13H25N. The van der Waals surface area contributed by atoms with Gasteiger partial charge in [0.1, 0.15) is 0 Å². The van der Waals surface area contributed by atoms with Gasteiger partial charge >= 0.3 is 0 Å². The summed E-state index contributed by atoms with van der Waals surface area (Å²) in [5.41, 5.74) is 0. The van der Waals surface area contributed by atoms with Crippen LogP contribution in [-0.4, -0.2) is 13.6 Å². The molecule has 1 fully saturated rings. The Labute approximate surface area is 89.0 Å². The molecule has 0 aromatic heterocycles. The van der Waals surface area contributed by atoms with Crippen molar-refractivity contribution in [2.24, 2.45) is 23.7 Å². The number of hydrogen-bond donors (Lipinski definition) is 1. The first-order valence-corrected chi connectivity index (χ1v) is 6.01. The molecule has 0 aromatic rings. The first-order valence-electron chi connectivity index (χ1n) is 6.01. The SMILES string of the molecule is C=CC(C1CC1C)[C@@H](CCC)CNC. The van der Waals surface area contributed by atoms with Crippen LogP contribution in [0.5, 0.6) is 0 Å². The molecule has 0 aliphatic heterocycles. The topological polar surface area (TPSA) is 12.0 Å². The second kappa shape index (κ2) is 5.55. The predicted molar refractivity (Wildman–Crippen MR) is 63.3 cm³/mol. The summed E-state index contributed by atoms with van der Waals surface area (Å²) in [5, 5.41) is 3.32. The van der Waals surface area contributed by atoms with Gasteiger partial charge in [0.15, 0.2) is 0 Å². The van der Waals surface area contributed by atoms with Crippen LogP contribution in [0.2, 0.25) is 0 Å². The highest BCUT2D eigenvalue weighted by atomic mass is 14.8. The fourth-order valence-electron chi connectivity index (χ4n) is 2.67. The molecule has 1 aliphatic carbocycles. The molecule has 0 saturated heterocycles. The lowest BCUT2D eigenvalue weighted by Crippen LogP contribution is -2.26. The van der Waals surface area contributed by atoms with E-state index < -0.39 is 0 Å². The largest absolute Gasteiger partial charge is 0.319 e. The van der Waals surface area contributed by atoms with E-state index in [0.29, 0.717) is 0 Å². The van der Waals surface area contributed by atoms with Crippen LogP contribution in [0.4, 0.5) is 0 Å². The molecule has 0 radical (unpaired) electrons. The van der Waals surface area contributed by atoms with Crippen LogP contribution in [0.15, 0.2) is 12.7 Å². The Morgan fingerprint density at radius 2 is 2.21 bits per heavy atom. The molecule has 1 heteroatoms. The molecule has 1 N–H and O–H groups in total. The Morgan fingerprint density at radius 3 is 2.57 bits per heavy atom. The van der Waals surface area contributed by atoms with Gasteiger partial charge in [0.2, 0.25) is 0 Å². The van der Waals surface area contributed by atoms with Crippen LogP contribution >= 0.6 is 0 Å². The highest BCUT2D eigenvalue weighted by Crippen LogP contribution is 2.47. The third-order valence-corrected chi connectivity index (χ3v) is 3.61. The standard InChI is InChI=1S/C13H25N/c1-5-7-11(9-14-4)12(6-2)13-8-10(13)3/h6,10-14H,2,5,7-9H2,1,3-4H3/t10?,11-,12?,13?/m0/s1. The van der Waals surface area contributed by atoms with Crippen molar-refractivity contribution in [1.29, 1.82) is 0 Å². The number of allylic oxidation sites excluding steroid dienone is 1. The summed E-state index contributed by atoms with van der Waals surface area (Å²) < 4.78 is 0. The van der Waals surface area contributed by atoms with Crippen molar-refractivity contribution in [2.45, 2.75) is 33.1 Å². The third-order valence-electron chi connectivity index (χ3n) is 3.61. The second-order valence-electron chi connectivity index (χ2n) is 4.80. The van der Waals surface area contributed by atoms with E-state index in [1.165, 1.54) is 19.3 Å². The molecule has 0 heterocycles. The van der Waals surface area contributed by atoms with Gasteiger partial charge in [0, 0.05) is 0 Å². The Hall–Kier alpha value is -0.300. The van der Waals surface area contributed by atoms with Gasteiger partial charge in [0.05, 0.1) is 0 Å². The van der Waals surface area contributed by atoms with Gasteiger partial charge in [0.25, 0.3) is 0 Å². The monoisotopic (exact) mass is 195 g/mol. The van der Waals surface area contributed by atoms with Crippen molar-refractivity contribution in [3.8, 4) is 0 Å². The lowest BCUT2D eigenvalue weighted by atomic mass is 9.84. The summed E-state index contributed by atoms with van der Waals surface area (Å²) in [5.74, 6) is 3.42. The van der Waals surface area contributed by atoms with Crippen molar-refractivity contribution >= 4 is 0 Å². The zero-order valence-corrected chi connectivity index (χ0v) is 9.92. The Bertz CT molecular complexity index is 170. The van der Waals surface area contributed by atoms with Gasteiger partial charge < -0.3 is 5.32 Å². The lowest BCUT2D eigenvalue weighted by Gasteiger charge is -2.24. The predicted octanol–water partition coefficient (Wildman–Crippen LogP) is 3.08. The van der Waals surface area contributed by atoms with Crippen molar-refractivity contribution in [2.75, 3.05) is 13.6 Å². The van der Waals surface area contributed by atoms with E-state index >= 15 is 0 Å². The Balaban J connectivity index is 2.49. The fourth-order valence-corrected chi connectivity index (χ4v) is 2.67. The summed E-state index contributed by atoms with van der Waals surface area (Å²) in [7, 11) is 2.05. The average Bonchev–Trinajstić information content (AvgIpc) is 2.85. The first-order chi connectivity index (χ1) is 6.74. The molecule has 0 amide bonds. The molecule has 82 valence electrons. The summed E-state index contributed by atoms with van der Waals surface area (Å²) in [6.45, 7) is 9.80. The minimum absolute atomic E-state index is 0.748. The molecule has 14 heavy (non-hydrogen) atoms. The van der Waals surface area contributed by atoms with Crippen LogP contribution in [0.1, 0.15) is 33.1 Å². The fraction of sp³-hybridized carbons (Fsp3) is 0.846. The number of hydrogen-bond acceptors (Lipinski definition) is 1. The maximum absolute atomic E-state index is 4.01. The Morgan fingerprint density at radius 1 is 1.57 bits per heavy atom. The second-order valence-corrected chi connectivity index (χ2v) is 4.80. The molecule has 1 nitrogen and oxygen atoms in total. The smallest absolute Gasteiger partial charge is 0.00178 e. The first kappa shape index (κ1) is 11.8. The summed E-state index contributed by atoms with van der Waals surface area (Å²) in [6.07, 6.45) is 6.24. The molecule has 3 unspecified atom stereocenters. The van der Waals surface area contributed by atoms with E-state index in [0.717, 1.165) is 30.2 Å². The molecule has 1 saturated carbocycles.